The quantitative estimate of drug-likeness (QED) is 0.0570. The van der Waals surface area contributed by atoms with E-state index in [2.05, 4.69) is 47.1 Å². The molecule has 0 saturated heterocycles. The lowest BCUT2D eigenvalue weighted by atomic mass is 9.88. The molecule has 294 valence electrons. The van der Waals surface area contributed by atoms with Crippen LogP contribution in [-0.4, -0.2) is 96.7 Å². The van der Waals surface area contributed by atoms with Gasteiger partial charge in [-0.05, 0) is 97.3 Å². The molecule has 11 nitrogen and oxygen atoms in total. The summed E-state index contributed by atoms with van der Waals surface area (Å²) in [4.78, 5) is 29.6. The first-order valence-electron chi connectivity index (χ1n) is 18.9. The van der Waals surface area contributed by atoms with Gasteiger partial charge in [0, 0.05) is 44.4 Å². The SMILES string of the molecule is CCCCCN(CCCOC(=O)/C=C\C(=O)OCCCN1CCc2cc(OC)c(OC)cc2[C@H]1Cc1ccc(OC)c(OC)c1)Cc1ccc(OC)cc1. The van der Waals surface area contributed by atoms with E-state index in [-0.39, 0.29) is 19.3 Å². The van der Waals surface area contributed by atoms with Crippen LogP contribution in [0.25, 0.3) is 0 Å². The normalized spacial score (nSPS) is 14.1. The van der Waals surface area contributed by atoms with Gasteiger partial charge >= 0.3 is 11.9 Å². The zero-order valence-electron chi connectivity index (χ0n) is 32.9. The molecule has 1 aliphatic heterocycles. The summed E-state index contributed by atoms with van der Waals surface area (Å²) in [5.74, 6) is 2.46. The molecule has 0 saturated carbocycles. The fourth-order valence-corrected chi connectivity index (χ4v) is 6.80. The van der Waals surface area contributed by atoms with E-state index >= 15 is 0 Å². The average molecular weight is 747 g/mol. The van der Waals surface area contributed by atoms with Crippen molar-refractivity contribution in [1.29, 1.82) is 0 Å². The third kappa shape index (κ3) is 12.7. The first kappa shape index (κ1) is 42.0. The van der Waals surface area contributed by atoms with E-state index in [0.29, 0.717) is 42.4 Å². The number of esters is 2. The van der Waals surface area contributed by atoms with Crippen LogP contribution >= 0.6 is 0 Å². The van der Waals surface area contributed by atoms with Crippen LogP contribution in [0.4, 0.5) is 0 Å². The molecular weight excluding hydrogens is 688 g/mol. The van der Waals surface area contributed by atoms with Crippen molar-refractivity contribution in [2.75, 3.05) is 74.9 Å². The van der Waals surface area contributed by atoms with E-state index < -0.39 is 11.9 Å². The third-order valence-electron chi connectivity index (χ3n) is 9.69. The first-order chi connectivity index (χ1) is 26.3. The smallest absolute Gasteiger partial charge is 0.331 e. The number of fused-ring (bicyclic) bond motifs is 1. The van der Waals surface area contributed by atoms with Gasteiger partial charge in [-0.25, -0.2) is 9.59 Å². The lowest BCUT2D eigenvalue weighted by Crippen LogP contribution is -2.37. The van der Waals surface area contributed by atoms with Crippen molar-refractivity contribution in [3.63, 3.8) is 0 Å². The zero-order valence-corrected chi connectivity index (χ0v) is 32.9. The Labute approximate surface area is 321 Å². The highest BCUT2D eigenvalue weighted by Crippen LogP contribution is 2.40. The Morgan fingerprint density at radius 3 is 1.96 bits per heavy atom. The Morgan fingerprint density at radius 2 is 1.31 bits per heavy atom. The highest BCUT2D eigenvalue weighted by Gasteiger charge is 2.29. The lowest BCUT2D eigenvalue weighted by molar-refractivity contribution is -0.140. The summed E-state index contributed by atoms with van der Waals surface area (Å²) in [6.07, 6.45) is 8.63. The van der Waals surface area contributed by atoms with E-state index in [1.54, 1.807) is 35.5 Å². The summed E-state index contributed by atoms with van der Waals surface area (Å²) in [7, 11) is 8.22. The molecule has 11 heteroatoms. The predicted molar refractivity (Wildman–Crippen MR) is 209 cm³/mol. The Bertz CT molecular complexity index is 1640. The number of hydrogen-bond donors (Lipinski definition) is 0. The summed E-state index contributed by atoms with van der Waals surface area (Å²) in [5.41, 5.74) is 4.71. The minimum absolute atomic E-state index is 0.0443. The molecule has 54 heavy (non-hydrogen) atoms. The molecule has 0 unspecified atom stereocenters. The molecule has 0 bridgehead atoms. The molecule has 3 aromatic carbocycles. The summed E-state index contributed by atoms with van der Waals surface area (Å²) in [5, 5.41) is 0. The molecule has 4 rings (SSSR count). The van der Waals surface area contributed by atoms with Gasteiger partial charge in [-0.3, -0.25) is 9.80 Å². The number of carbonyl (C=O) groups excluding carboxylic acids is 2. The molecule has 0 aliphatic carbocycles. The van der Waals surface area contributed by atoms with Crippen LogP contribution in [0.15, 0.2) is 66.7 Å². The van der Waals surface area contributed by atoms with Gasteiger partial charge in [0.1, 0.15) is 5.75 Å². The van der Waals surface area contributed by atoms with Crippen LogP contribution in [0.5, 0.6) is 28.7 Å². The number of nitrogens with zero attached hydrogens (tertiary/aromatic N) is 2. The van der Waals surface area contributed by atoms with Crippen LogP contribution in [0, 0.1) is 0 Å². The van der Waals surface area contributed by atoms with Gasteiger partial charge in [0.15, 0.2) is 23.0 Å². The molecular formula is C43H58N2O9. The van der Waals surface area contributed by atoms with E-state index in [1.807, 2.05) is 24.3 Å². The fourth-order valence-electron chi connectivity index (χ4n) is 6.80. The van der Waals surface area contributed by atoms with E-state index in [4.69, 9.17) is 33.2 Å². The predicted octanol–water partition coefficient (Wildman–Crippen LogP) is 6.99. The van der Waals surface area contributed by atoms with E-state index in [1.165, 1.54) is 23.1 Å². The number of rotatable bonds is 23. The molecule has 3 aromatic rings. The second kappa shape index (κ2) is 22.5. The maximum atomic E-state index is 12.5. The van der Waals surface area contributed by atoms with Gasteiger partial charge in [-0.1, -0.05) is 38.0 Å². The minimum Gasteiger partial charge on any atom is -0.497 e. The van der Waals surface area contributed by atoms with Gasteiger partial charge in [0.05, 0.1) is 48.8 Å². The van der Waals surface area contributed by atoms with Gasteiger partial charge in [0.25, 0.3) is 0 Å². The fraction of sp³-hybridized carbons (Fsp3) is 0.488. The van der Waals surface area contributed by atoms with Crippen molar-refractivity contribution in [2.45, 2.75) is 64.5 Å². The molecule has 1 aliphatic rings. The van der Waals surface area contributed by atoms with Crippen LogP contribution in [0.1, 0.15) is 67.3 Å². The molecule has 0 N–H and O–H groups in total. The second-order valence-corrected chi connectivity index (χ2v) is 13.3. The number of benzene rings is 3. The molecule has 1 atom stereocenters. The Balaban J connectivity index is 1.25. The molecule has 0 fully saturated rings. The highest BCUT2D eigenvalue weighted by molar-refractivity contribution is 5.91. The average Bonchev–Trinajstić information content (AvgIpc) is 3.20. The number of unbranched alkanes of at least 4 members (excludes halogenated alkanes) is 2. The Kier molecular flexibility index (Phi) is 17.5. The highest BCUT2D eigenvalue weighted by atomic mass is 16.5. The van der Waals surface area contributed by atoms with Crippen molar-refractivity contribution in [3.05, 3.63) is 89.0 Å². The molecule has 0 radical (unpaired) electrons. The van der Waals surface area contributed by atoms with Crippen molar-refractivity contribution < 1.29 is 42.7 Å². The van der Waals surface area contributed by atoms with Crippen LogP contribution < -0.4 is 23.7 Å². The number of methoxy groups -OCH3 is 5. The summed E-state index contributed by atoms with van der Waals surface area (Å²) in [6, 6.07) is 18.3. The van der Waals surface area contributed by atoms with E-state index in [0.717, 1.165) is 75.3 Å². The zero-order chi connectivity index (χ0) is 38.7. The third-order valence-corrected chi connectivity index (χ3v) is 9.69. The largest absolute Gasteiger partial charge is 0.497 e. The molecule has 0 aromatic heterocycles. The second-order valence-electron chi connectivity index (χ2n) is 13.3. The molecule has 1 heterocycles. The van der Waals surface area contributed by atoms with Crippen molar-refractivity contribution in [2.24, 2.45) is 0 Å². The lowest BCUT2D eigenvalue weighted by Gasteiger charge is -2.38. The number of carbonyl (C=O) groups is 2. The summed E-state index contributed by atoms with van der Waals surface area (Å²) < 4.78 is 38.4. The maximum absolute atomic E-state index is 12.5. The summed E-state index contributed by atoms with van der Waals surface area (Å²) in [6.45, 7) is 6.82. The maximum Gasteiger partial charge on any atom is 0.331 e. The molecule has 0 amide bonds. The number of ether oxygens (including phenoxy) is 7. The Hall–Kier alpha value is -4.74. The molecule has 0 spiro atoms. The monoisotopic (exact) mass is 746 g/mol. The van der Waals surface area contributed by atoms with Gasteiger partial charge in [-0.2, -0.15) is 0 Å². The van der Waals surface area contributed by atoms with Crippen LogP contribution in [0.2, 0.25) is 0 Å². The van der Waals surface area contributed by atoms with Crippen LogP contribution in [0.3, 0.4) is 0 Å². The standard InChI is InChI=1S/C43H58N2O9/c1-7-8-9-21-44(31-32-12-15-35(48-2)16-13-32)22-10-25-53-42(46)18-19-43(47)54-26-11-23-45-24-20-34-29-40(51-5)41(52-6)30-36(34)37(45)27-33-14-17-38(49-3)39(28-33)50-4/h12-19,28-30,37H,7-11,20-27,31H2,1-6H3/b19-18-/t37-/m1/s1. The topological polar surface area (TPSA) is 105 Å². The Morgan fingerprint density at radius 1 is 0.704 bits per heavy atom. The van der Waals surface area contributed by atoms with E-state index in [9.17, 15) is 9.59 Å². The van der Waals surface area contributed by atoms with Gasteiger partial charge in [-0.15, -0.1) is 0 Å². The van der Waals surface area contributed by atoms with Crippen molar-refractivity contribution >= 4 is 11.9 Å². The first-order valence-corrected chi connectivity index (χ1v) is 18.9. The summed E-state index contributed by atoms with van der Waals surface area (Å²) >= 11 is 0. The van der Waals surface area contributed by atoms with Gasteiger partial charge < -0.3 is 33.2 Å². The van der Waals surface area contributed by atoms with Crippen LogP contribution in [-0.2, 0) is 38.4 Å². The van der Waals surface area contributed by atoms with Crippen molar-refractivity contribution in [1.82, 2.24) is 9.80 Å². The number of hydrogen-bond acceptors (Lipinski definition) is 11. The van der Waals surface area contributed by atoms with Gasteiger partial charge in [0.2, 0.25) is 0 Å². The van der Waals surface area contributed by atoms with Crippen molar-refractivity contribution in [3.8, 4) is 28.7 Å². The minimum atomic E-state index is -0.573.